The van der Waals surface area contributed by atoms with Crippen molar-refractivity contribution in [3.8, 4) is 0 Å². The van der Waals surface area contributed by atoms with E-state index in [4.69, 9.17) is 66.3 Å². The standard InChI is InChI=1S/C93H166N4O41/c1-6-8-10-12-14-16-18-20-21-22-23-24-25-26-27-29-31-33-35-37-39-41-64(109)97-54(55(106)40-38-36-34-32-30-28-19-17-15-13-11-9-7-2)48-125-88-79(121)76(118)83(61(47-102)131-88)136-91-80(122)85(71(113)62(132-91)49-126-86-66(95-52(4)104)72(114)81(59(45-100)129-86)134-89-77(119)74(116)69(111)58(44-99)128-89)137-87-67(96-53(5)105)73(115)82(60(46-101)130-87)135-90-78(120)75(117)70(112)63(133-90)50-127-93(92(123)124)42-56(107)65(94-51(3)103)84(138-93)68(110)57(108)43-98/h38,40,54-63,65-91,98-102,106-108,110-122H,6-37,39,41-50H2,1-5H3,(H,94,103)(H,95,104)(H,96,105)(H,97,109)(H,123,124)/b40-38+/t54-,55+,56?,57+,58?,59?,60?,61?,62?,63?,65+,66?,67?,68+,69-,70-,71-,72+,73+,74-,75-,76+,77?,78?,79?,80?,81+,82+,83+,84?,85-,86+,87-,88+,89-,90-,91-,93+/m0/s1. The van der Waals surface area contributed by atoms with E-state index in [0.717, 1.165) is 85.0 Å². The van der Waals surface area contributed by atoms with Gasteiger partial charge in [0.15, 0.2) is 37.7 Å². The third kappa shape index (κ3) is 36.7. The van der Waals surface area contributed by atoms with Gasteiger partial charge in [-0.15, -0.1) is 0 Å². The van der Waals surface area contributed by atoms with Crippen LogP contribution < -0.4 is 21.3 Å². The SMILES string of the molecule is CCCCCCCCCCCCC/C=C/[C@@H](O)[C@H](CO[C@@H]1OC(CO)[C@@H](O[C@@H]2OC(CO[C@@H]3OC(CO)[C@@H](O[C@@H]4OC(CO)[C@H](O)[C@H](O)C4O)[C@H](O)C3NC(C)=O)[C@H](O)[C@H](O[C@@H]3OC(CO)[C@@H](O[C@@H]4OC(CO[C@]5(C(=O)O)CC(O)[C@@H](NC(C)=O)C([C@H](O)[C@H](O)CO)O5)[C@H](O)[C@H](O)C4O)[C@H](O)C3NC(C)=O)C2O)[C@H](O)C1O)NC(=O)CCCCCCCCCCCCCCCCCCCCCCC. The minimum atomic E-state index is -3.06. The summed E-state index contributed by atoms with van der Waals surface area (Å²) in [5.41, 5.74) is 0. The third-order valence-corrected chi connectivity index (χ3v) is 26.7. The molecule has 7 fully saturated rings. The lowest BCUT2D eigenvalue weighted by Gasteiger charge is -2.50. The number of carboxylic acids is 1. The van der Waals surface area contributed by atoms with Crippen molar-refractivity contribution in [3.63, 3.8) is 0 Å². The van der Waals surface area contributed by atoms with E-state index in [9.17, 15) is 136 Å². The number of unbranched alkanes of at least 4 members (excludes halogenated alkanes) is 31. The molecule has 7 heterocycles. The number of carbonyl (C=O) groups is 5. The number of ether oxygens (including phenoxy) is 14. The van der Waals surface area contributed by atoms with Gasteiger partial charge in [-0.05, 0) is 19.3 Å². The molecule has 0 aliphatic carbocycles. The molecule has 0 spiro atoms. The highest BCUT2D eigenvalue weighted by Gasteiger charge is 2.61. The molecule has 4 amide bonds. The van der Waals surface area contributed by atoms with Crippen molar-refractivity contribution in [1.82, 2.24) is 21.3 Å². The number of allylic oxidation sites excluding steroid dienone is 1. The van der Waals surface area contributed by atoms with Crippen LogP contribution in [-0.4, -0.2) is 427 Å². The maximum absolute atomic E-state index is 13.8. The quantitative estimate of drug-likeness (QED) is 0.0214. The normalized spacial score (nSPS) is 36.2. The molecule has 45 heteroatoms. The fourth-order valence-electron chi connectivity index (χ4n) is 18.5. The first-order chi connectivity index (χ1) is 66.0. The summed E-state index contributed by atoms with van der Waals surface area (Å²) in [5, 5.41) is 257. The largest absolute Gasteiger partial charge is 0.477 e. The van der Waals surface area contributed by atoms with Crippen molar-refractivity contribution in [2.45, 2.75) is 492 Å². The van der Waals surface area contributed by atoms with Gasteiger partial charge < -0.3 is 200 Å². The number of aliphatic hydroxyl groups is 21. The van der Waals surface area contributed by atoms with Crippen molar-refractivity contribution in [2.75, 3.05) is 52.9 Å². The van der Waals surface area contributed by atoms with Crippen LogP contribution in [0.3, 0.4) is 0 Å². The van der Waals surface area contributed by atoms with Crippen LogP contribution in [0.15, 0.2) is 12.2 Å². The van der Waals surface area contributed by atoms with Gasteiger partial charge in [0.2, 0.25) is 23.6 Å². The van der Waals surface area contributed by atoms with Crippen LogP contribution in [0.4, 0.5) is 0 Å². The number of rotatable bonds is 65. The highest BCUT2D eigenvalue weighted by atomic mass is 16.8. The second kappa shape index (κ2) is 63.3. The van der Waals surface area contributed by atoms with E-state index >= 15 is 0 Å². The molecule has 45 nitrogen and oxygen atoms in total. The Kier molecular flexibility index (Phi) is 55.3. The van der Waals surface area contributed by atoms with E-state index in [1.54, 1.807) is 6.08 Å². The Morgan fingerprint density at radius 1 is 0.384 bits per heavy atom. The van der Waals surface area contributed by atoms with Crippen molar-refractivity contribution in [1.29, 1.82) is 0 Å². The highest BCUT2D eigenvalue weighted by Crippen LogP contribution is 2.40. The summed E-state index contributed by atoms with van der Waals surface area (Å²) < 4.78 is 83.6. The number of aliphatic hydroxyl groups excluding tert-OH is 21. The minimum Gasteiger partial charge on any atom is -0.477 e. The van der Waals surface area contributed by atoms with Gasteiger partial charge in [0, 0.05) is 33.6 Å². The van der Waals surface area contributed by atoms with E-state index in [2.05, 4.69) is 35.1 Å². The number of carboxylic acid groups (broad SMARTS) is 1. The lowest BCUT2D eigenvalue weighted by Crippen LogP contribution is -2.70. The van der Waals surface area contributed by atoms with Crippen molar-refractivity contribution < 1.29 is 203 Å². The molecule has 7 aliphatic rings. The van der Waals surface area contributed by atoms with Gasteiger partial charge in [-0.25, -0.2) is 4.79 Å². The van der Waals surface area contributed by atoms with Gasteiger partial charge in [0.05, 0.1) is 77.1 Å². The zero-order valence-corrected chi connectivity index (χ0v) is 80.5. The Balaban J connectivity index is 1.09. The molecule has 7 saturated heterocycles. The lowest BCUT2D eigenvalue weighted by atomic mass is 9.88. The molecular weight excluding hydrogens is 1830 g/mol. The molecule has 38 atom stereocenters. The lowest BCUT2D eigenvalue weighted by molar-refractivity contribution is -0.386. The van der Waals surface area contributed by atoms with Crippen molar-refractivity contribution in [3.05, 3.63) is 12.2 Å². The first kappa shape index (κ1) is 121. The Bertz CT molecular complexity index is 3410. The van der Waals surface area contributed by atoms with Crippen LogP contribution in [0.1, 0.15) is 259 Å². The van der Waals surface area contributed by atoms with Gasteiger partial charge in [0.1, 0.15) is 165 Å². The van der Waals surface area contributed by atoms with Gasteiger partial charge >= 0.3 is 5.97 Å². The molecule has 0 saturated carbocycles. The zero-order chi connectivity index (χ0) is 101. The second-order valence-electron chi connectivity index (χ2n) is 37.8. The van der Waals surface area contributed by atoms with Crippen LogP contribution in [0.2, 0.25) is 0 Å². The maximum atomic E-state index is 13.8. The van der Waals surface area contributed by atoms with Crippen molar-refractivity contribution in [2.24, 2.45) is 0 Å². The number of hydrogen-bond acceptors (Lipinski definition) is 40. The minimum absolute atomic E-state index is 0.109. The molecule has 7 rings (SSSR count). The summed E-state index contributed by atoms with van der Waals surface area (Å²) in [6.07, 6.45) is -27.2. The fourth-order valence-corrected chi connectivity index (χ4v) is 18.5. The number of nitrogens with one attached hydrogen (secondary N) is 4. The van der Waals surface area contributed by atoms with Crippen molar-refractivity contribution >= 4 is 29.6 Å². The third-order valence-electron chi connectivity index (χ3n) is 26.7. The van der Waals surface area contributed by atoms with Crippen LogP contribution in [0.25, 0.3) is 0 Å². The smallest absolute Gasteiger partial charge is 0.364 e. The van der Waals surface area contributed by atoms with E-state index in [-0.39, 0.29) is 6.42 Å². The summed E-state index contributed by atoms with van der Waals surface area (Å²) in [5.74, 6) is -8.13. The summed E-state index contributed by atoms with van der Waals surface area (Å²) in [7, 11) is 0. The summed E-state index contributed by atoms with van der Waals surface area (Å²) >= 11 is 0. The van der Waals surface area contributed by atoms with Crippen LogP contribution >= 0.6 is 0 Å². The van der Waals surface area contributed by atoms with E-state index in [0.29, 0.717) is 12.8 Å². The van der Waals surface area contributed by atoms with Gasteiger partial charge in [-0.1, -0.05) is 219 Å². The average Bonchev–Trinajstić information content (AvgIpc) is 0.757. The fraction of sp³-hybridized carbons (Fsp3) is 0.925. The number of aliphatic carboxylic acids is 1. The monoisotopic (exact) mass is 2000 g/mol. The topological polar surface area (TPSA) is 708 Å². The predicted octanol–water partition coefficient (Wildman–Crippen LogP) is -2.91. The molecule has 0 bridgehead atoms. The molecule has 804 valence electrons. The molecule has 138 heavy (non-hydrogen) atoms. The van der Waals surface area contributed by atoms with E-state index < -0.39 is 321 Å². The molecule has 0 aromatic rings. The Morgan fingerprint density at radius 3 is 1.20 bits per heavy atom. The highest BCUT2D eigenvalue weighted by molar-refractivity contribution is 5.77. The molecular formula is C93H166N4O41. The molecule has 0 aromatic carbocycles. The molecule has 0 aromatic heterocycles. The number of carbonyl (C=O) groups excluding carboxylic acids is 4. The number of amides is 4. The van der Waals surface area contributed by atoms with E-state index in [1.807, 2.05) is 0 Å². The van der Waals surface area contributed by atoms with Gasteiger partial charge in [0.25, 0.3) is 5.79 Å². The first-order valence-electron chi connectivity index (χ1n) is 50.1. The molecule has 14 unspecified atom stereocenters. The molecule has 26 N–H and O–H groups in total. The van der Waals surface area contributed by atoms with Crippen LogP contribution in [0, 0.1) is 0 Å². The van der Waals surface area contributed by atoms with Crippen LogP contribution in [-0.2, 0) is 90.3 Å². The summed E-state index contributed by atoms with van der Waals surface area (Å²) in [6.45, 7) is -0.769. The first-order valence-corrected chi connectivity index (χ1v) is 50.1. The summed E-state index contributed by atoms with van der Waals surface area (Å²) in [4.78, 5) is 65.3. The maximum Gasteiger partial charge on any atom is 0.364 e. The Labute approximate surface area is 807 Å². The Morgan fingerprint density at radius 2 is 0.754 bits per heavy atom. The molecule has 0 radical (unpaired) electrons. The second-order valence-corrected chi connectivity index (χ2v) is 37.8. The van der Waals surface area contributed by atoms with Gasteiger partial charge in [-0.3, -0.25) is 19.2 Å². The number of hydrogen-bond donors (Lipinski definition) is 26. The van der Waals surface area contributed by atoms with Gasteiger partial charge in [-0.2, -0.15) is 0 Å². The van der Waals surface area contributed by atoms with Crippen LogP contribution in [0.5, 0.6) is 0 Å². The van der Waals surface area contributed by atoms with E-state index in [1.165, 1.54) is 141 Å². The predicted molar refractivity (Wildman–Crippen MR) is 483 cm³/mol. The molecule has 7 aliphatic heterocycles. The zero-order valence-electron chi connectivity index (χ0n) is 80.5. The Hall–Kier alpha value is -4.31. The average molecular weight is 2000 g/mol. The summed E-state index contributed by atoms with van der Waals surface area (Å²) in [6, 6.07) is -6.61.